The Morgan fingerprint density at radius 2 is 1.65 bits per heavy atom. The third kappa shape index (κ3) is 4.73. The molecule has 2 aliphatic rings. The number of aromatic nitrogens is 2. The molecule has 0 radical (unpaired) electrons. The van der Waals surface area contributed by atoms with E-state index >= 15 is 0 Å². The number of fused-ring (bicyclic) bond motifs is 1. The average Bonchev–Trinajstić information content (AvgIpc) is 3.42. The number of carbonyl (C=O) groups is 3. The van der Waals surface area contributed by atoms with E-state index in [-0.39, 0.29) is 42.3 Å². The Bertz CT molecular complexity index is 1340. The molecule has 0 N–H and O–H groups in total. The van der Waals surface area contributed by atoms with E-state index in [4.69, 9.17) is 0 Å². The van der Waals surface area contributed by atoms with Crippen molar-refractivity contribution in [3.8, 4) is 0 Å². The van der Waals surface area contributed by atoms with E-state index in [0.29, 0.717) is 48.9 Å². The Morgan fingerprint density at radius 3 is 2.24 bits per heavy atom. The number of nitrogens with zero attached hydrogens (tertiary/aromatic N) is 4. The first-order valence-corrected chi connectivity index (χ1v) is 11.7. The fourth-order valence-corrected chi connectivity index (χ4v) is 4.89. The number of halogens is 4. The van der Waals surface area contributed by atoms with Crippen LogP contribution in [-0.4, -0.2) is 50.2 Å². The molecule has 3 aromatic rings. The Labute approximate surface area is 209 Å². The van der Waals surface area contributed by atoms with Crippen molar-refractivity contribution in [2.24, 2.45) is 0 Å². The highest BCUT2D eigenvalue weighted by molar-refractivity contribution is 6.21. The molecule has 3 amide bonds. The molecule has 0 spiro atoms. The molecule has 0 atom stereocenters. The highest BCUT2D eigenvalue weighted by Gasteiger charge is 2.36. The molecule has 192 valence electrons. The molecule has 0 bridgehead atoms. The summed E-state index contributed by atoms with van der Waals surface area (Å²) < 4.78 is 53.9. The number of imide groups is 1. The topological polar surface area (TPSA) is 75.5 Å². The number of benzene rings is 2. The molecule has 7 nitrogen and oxygen atoms in total. The summed E-state index contributed by atoms with van der Waals surface area (Å²) in [5, 5.41) is 0. The van der Waals surface area contributed by atoms with E-state index in [1.165, 1.54) is 4.90 Å². The van der Waals surface area contributed by atoms with Crippen LogP contribution in [0, 0.1) is 5.82 Å². The number of likely N-dealkylation sites (tertiary alicyclic amines) is 1. The van der Waals surface area contributed by atoms with E-state index in [9.17, 15) is 31.9 Å². The molecule has 37 heavy (non-hydrogen) atoms. The number of carbonyl (C=O) groups excluding carboxylic acids is 3. The average molecular weight is 514 g/mol. The van der Waals surface area contributed by atoms with Gasteiger partial charge in [0.1, 0.15) is 18.3 Å². The van der Waals surface area contributed by atoms with Crippen molar-refractivity contribution < 1.29 is 31.9 Å². The number of imidazole rings is 1. The van der Waals surface area contributed by atoms with Crippen LogP contribution in [0.3, 0.4) is 0 Å². The highest BCUT2D eigenvalue weighted by Crippen LogP contribution is 2.32. The van der Waals surface area contributed by atoms with Crippen molar-refractivity contribution in [3.63, 3.8) is 0 Å². The summed E-state index contributed by atoms with van der Waals surface area (Å²) in [6.07, 6.45) is -0.536. The predicted octanol–water partition coefficient (Wildman–Crippen LogP) is 4.24. The van der Waals surface area contributed by atoms with Gasteiger partial charge in [-0.3, -0.25) is 19.3 Å². The first kappa shape index (κ1) is 24.7. The van der Waals surface area contributed by atoms with Crippen LogP contribution in [0.2, 0.25) is 0 Å². The van der Waals surface area contributed by atoms with E-state index < -0.39 is 17.6 Å². The number of alkyl halides is 3. The monoisotopic (exact) mass is 514 g/mol. The zero-order valence-electron chi connectivity index (χ0n) is 19.5. The maximum Gasteiger partial charge on any atom is 0.419 e. The lowest BCUT2D eigenvalue weighted by Crippen LogP contribution is -2.39. The second kappa shape index (κ2) is 9.45. The zero-order valence-corrected chi connectivity index (χ0v) is 19.5. The summed E-state index contributed by atoms with van der Waals surface area (Å²) in [7, 11) is 0. The van der Waals surface area contributed by atoms with Gasteiger partial charge < -0.3 is 9.47 Å². The van der Waals surface area contributed by atoms with Crippen molar-refractivity contribution in [3.05, 3.63) is 88.8 Å². The minimum atomic E-state index is -4.79. The first-order chi connectivity index (χ1) is 17.6. The summed E-state index contributed by atoms with van der Waals surface area (Å²) in [6, 6.07) is 9.18. The predicted molar refractivity (Wildman–Crippen MR) is 123 cm³/mol. The normalized spacial score (nSPS) is 16.4. The Balaban J connectivity index is 1.20. The second-order valence-electron chi connectivity index (χ2n) is 9.12. The van der Waals surface area contributed by atoms with Gasteiger partial charge in [-0.25, -0.2) is 9.37 Å². The molecule has 11 heteroatoms. The molecule has 2 aromatic carbocycles. The van der Waals surface area contributed by atoms with Gasteiger partial charge in [-0.15, -0.1) is 0 Å². The summed E-state index contributed by atoms with van der Waals surface area (Å²) in [4.78, 5) is 45.4. The zero-order chi connectivity index (χ0) is 26.3. The lowest BCUT2D eigenvalue weighted by Gasteiger charge is -2.32. The molecule has 1 saturated heterocycles. The number of rotatable bonds is 5. The van der Waals surface area contributed by atoms with Crippen LogP contribution in [0.25, 0.3) is 0 Å². The molecule has 3 heterocycles. The van der Waals surface area contributed by atoms with E-state index in [0.717, 1.165) is 12.1 Å². The van der Waals surface area contributed by atoms with Gasteiger partial charge in [-0.05, 0) is 42.7 Å². The first-order valence-electron chi connectivity index (χ1n) is 11.7. The number of hydrogen-bond donors (Lipinski definition) is 0. The van der Waals surface area contributed by atoms with Crippen molar-refractivity contribution >= 4 is 17.7 Å². The van der Waals surface area contributed by atoms with E-state index in [1.54, 1.807) is 46.1 Å². The van der Waals surface area contributed by atoms with Crippen molar-refractivity contribution in [1.82, 2.24) is 19.4 Å². The van der Waals surface area contributed by atoms with Crippen LogP contribution in [0.5, 0.6) is 0 Å². The van der Waals surface area contributed by atoms with Gasteiger partial charge in [0, 0.05) is 31.4 Å². The van der Waals surface area contributed by atoms with Crippen molar-refractivity contribution in [2.45, 2.75) is 38.0 Å². The minimum Gasteiger partial charge on any atom is -0.342 e. The molecule has 1 aromatic heterocycles. The maximum absolute atomic E-state index is 13.9. The molecular weight excluding hydrogens is 492 g/mol. The summed E-state index contributed by atoms with van der Waals surface area (Å²) in [5.74, 6) is -1.74. The van der Waals surface area contributed by atoms with Crippen LogP contribution >= 0.6 is 0 Å². The minimum absolute atomic E-state index is 0.0160. The number of amides is 3. The van der Waals surface area contributed by atoms with Crippen LogP contribution in [0.4, 0.5) is 17.6 Å². The van der Waals surface area contributed by atoms with Gasteiger partial charge in [0.05, 0.1) is 23.1 Å². The van der Waals surface area contributed by atoms with Crippen molar-refractivity contribution in [1.29, 1.82) is 0 Å². The summed E-state index contributed by atoms with van der Waals surface area (Å²) in [5.41, 5.74) is -0.446. The van der Waals surface area contributed by atoms with Crippen LogP contribution in [0.15, 0.2) is 54.9 Å². The van der Waals surface area contributed by atoms with Gasteiger partial charge in [-0.2, -0.15) is 13.2 Å². The quantitative estimate of drug-likeness (QED) is 0.377. The number of hydrogen-bond acceptors (Lipinski definition) is 4. The smallest absolute Gasteiger partial charge is 0.342 e. The number of piperidine rings is 1. The largest absolute Gasteiger partial charge is 0.419 e. The molecule has 0 unspecified atom stereocenters. The Kier molecular flexibility index (Phi) is 6.30. The maximum atomic E-state index is 13.9. The van der Waals surface area contributed by atoms with Gasteiger partial charge >= 0.3 is 6.18 Å². The van der Waals surface area contributed by atoms with Crippen LogP contribution in [-0.2, 0) is 24.1 Å². The summed E-state index contributed by atoms with van der Waals surface area (Å²) >= 11 is 0. The van der Waals surface area contributed by atoms with Crippen LogP contribution < -0.4 is 0 Å². The van der Waals surface area contributed by atoms with Gasteiger partial charge in [-0.1, -0.05) is 18.2 Å². The Hall–Kier alpha value is -4.02. The molecule has 0 aliphatic carbocycles. The van der Waals surface area contributed by atoms with Gasteiger partial charge in [0.15, 0.2) is 0 Å². The standard InChI is InChI=1S/C26H22F4N4O3/c27-21-13-16(5-6-20(21)26(28,29)30)14-22(35)32-10-7-17(8-11-32)23-31-9-12-33(23)15-34-24(36)18-3-1-2-4-19(18)25(34)37/h1-6,9,12-13,17H,7-8,10-11,14-15H2. The van der Waals surface area contributed by atoms with E-state index in [1.807, 2.05) is 0 Å². The third-order valence-corrected chi connectivity index (χ3v) is 6.83. The van der Waals surface area contributed by atoms with Crippen molar-refractivity contribution in [2.75, 3.05) is 13.1 Å². The SMILES string of the molecule is O=C(Cc1ccc(C(F)(F)F)c(F)c1)N1CCC(c2nccn2CN2C(=O)c3ccccc3C2=O)CC1. The second-order valence-corrected chi connectivity index (χ2v) is 9.12. The molecule has 1 fully saturated rings. The van der Waals surface area contributed by atoms with Gasteiger partial charge in [0.25, 0.3) is 11.8 Å². The third-order valence-electron chi connectivity index (χ3n) is 6.83. The lowest BCUT2D eigenvalue weighted by atomic mass is 9.95. The van der Waals surface area contributed by atoms with E-state index in [2.05, 4.69) is 4.98 Å². The van der Waals surface area contributed by atoms with Crippen LogP contribution in [0.1, 0.15) is 56.4 Å². The molecule has 2 aliphatic heterocycles. The Morgan fingerprint density at radius 1 is 1.00 bits per heavy atom. The van der Waals surface area contributed by atoms with Gasteiger partial charge in [0.2, 0.25) is 5.91 Å². The fraction of sp³-hybridized carbons (Fsp3) is 0.308. The lowest BCUT2D eigenvalue weighted by molar-refractivity contribution is -0.140. The molecule has 0 saturated carbocycles. The molecular formula is C26H22F4N4O3. The molecule has 5 rings (SSSR count). The highest BCUT2D eigenvalue weighted by atomic mass is 19.4. The fourth-order valence-electron chi connectivity index (χ4n) is 4.89. The summed E-state index contributed by atoms with van der Waals surface area (Å²) in [6.45, 7) is 0.819.